The van der Waals surface area contributed by atoms with E-state index in [0.29, 0.717) is 20.5 Å². The van der Waals surface area contributed by atoms with Crippen molar-refractivity contribution < 1.29 is 9.59 Å². The van der Waals surface area contributed by atoms with E-state index >= 15 is 0 Å². The Hall–Kier alpha value is -1.95. The molecule has 1 saturated heterocycles. The molecule has 7 heteroatoms. The molecule has 3 rings (SSSR count). The third kappa shape index (κ3) is 4.90. The van der Waals surface area contributed by atoms with E-state index in [0.717, 1.165) is 36.7 Å². The number of aryl methyl sites for hydroxylation is 1. The number of rotatable bonds is 7. The zero-order valence-corrected chi connectivity index (χ0v) is 17.7. The molecule has 2 amide bonds. The van der Waals surface area contributed by atoms with Crippen molar-refractivity contribution >= 4 is 57.9 Å². The fourth-order valence-corrected chi connectivity index (χ4v) is 4.08. The first kappa shape index (κ1) is 20.8. The molecule has 0 bridgehead atoms. The van der Waals surface area contributed by atoms with Crippen LogP contribution in [0, 0.1) is 0 Å². The van der Waals surface area contributed by atoms with Crippen LogP contribution in [-0.4, -0.2) is 22.7 Å². The Morgan fingerprint density at radius 3 is 2.39 bits per heavy atom. The molecule has 2 aromatic carbocycles. The van der Waals surface area contributed by atoms with Gasteiger partial charge in [0.15, 0.2) is 0 Å². The number of thioether (sulfide) groups is 1. The van der Waals surface area contributed by atoms with Crippen LogP contribution in [-0.2, 0) is 11.2 Å². The summed E-state index contributed by atoms with van der Waals surface area (Å²) in [6.45, 7) is 2.27. The number of hydrogen-bond acceptors (Lipinski definition) is 4. The summed E-state index contributed by atoms with van der Waals surface area (Å²) in [7, 11) is 0. The van der Waals surface area contributed by atoms with E-state index in [2.05, 4.69) is 24.4 Å². The van der Waals surface area contributed by atoms with Gasteiger partial charge in [-0.25, -0.2) is 0 Å². The maximum atomic E-state index is 12.6. The smallest absolute Gasteiger partial charge is 0.295 e. The van der Waals surface area contributed by atoms with E-state index in [9.17, 15) is 9.59 Å². The van der Waals surface area contributed by atoms with Gasteiger partial charge >= 0.3 is 0 Å². The van der Waals surface area contributed by atoms with Crippen LogP contribution in [0.3, 0.4) is 0 Å². The topological polar surface area (TPSA) is 49.4 Å². The number of nitrogens with zero attached hydrogens (tertiary/aromatic N) is 1. The summed E-state index contributed by atoms with van der Waals surface area (Å²) in [5.74, 6) is -0.363. The van der Waals surface area contributed by atoms with Crippen LogP contribution in [0.5, 0.6) is 0 Å². The van der Waals surface area contributed by atoms with Gasteiger partial charge in [-0.05, 0) is 60.5 Å². The SMILES string of the molecule is CCCCc1ccc(NCN2C(=O)SC(=Cc3c(Cl)cccc3Cl)C2=O)cc1. The highest BCUT2D eigenvalue weighted by atomic mass is 35.5. The van der Waals surface area contributed by atoms with Gasteiger partial charge < -0.3 is 5.32 Å². The van der Waals surface area contributed by atoms with E-state index in [1.54, 1.807) is 24.3 Å². The highest BCUT2D eigenvalue weighted by molar-refractivity contribution is 8.18. The first-order valence-electron chi connectivity index (χ1n) is 9.01. The van der Waals surface area contributed by atoms with Crippen molar-refractivity contribution in [1.29, 1.82) is 0 Å². The molecule has 28 heavy (non-hydrogen) atoms. The maximum Gasteiger partial charge on any atom is 0.295 e. The van der Waals surface area contributed by atoms with Gasteiger partial charge in [-0.15, -0.1) is 0 Å². The van der Waals surface area contributed by atoms with E-state index in [-0.39, 0.29) is 17.8 Å². The summed E-state index contributed by atoms with van der Waals surface area (Å²) in [6, 6.07) is 13.2. The van der Waals surface area contributed by atoms with Crippen LogP contribution >= 0.6 is 35.0 Å². The molecule has 0 atom stereocenters. The van der Waals surface area contributed by atoms with Crippen molar-refractivity contribution in [3.05, 3.63) is 68.5 Å². The first-order valence-corrected chi connectivity index (χ1v) is 10.6. The Morgan fingerprint density at radius 2 is 1.75 bits per heavy atom. The number of benzene rings is 2. The summed E-state index contributed by atoms with van der Waals surface area (Å²) in [6.07, 6.45) is 4.94. The Morgan fingerprint density at radius 1 is 1.07 bits per heavy atom. The monoisotopic (exact) mass is 434 g/mol. The molecule has 4 nitrogen and oxygen atoms in total. The molecule has 1 heterocycles. The minimum atomic E-state index is -0.363. The average molecular weight is 435 g/mol. The predicted molar refractivity (Wildman–Crippen MR) is 118 cm³/mol. The van der Waals surface area contributed by atoms with Crippen molar-refractivity contribution in [2.45, 2.75) is 26.2 Å². The molecule has 146 valence electrons. The van der Waals surface area contributed by atoms with Gasteiger partial charge in [0.1, 0.15) is 0 Å². The molecule has 1 aliphatic rings. The Balaban J connectivity index is 1.66. The lowest BCUT2D eigenvalue weighted by atomic mass is 10.1. The zero-order valence-electron chi connectivity index (χ0n) is 15.4. The van der Waals surface area contributed by atoms with Gasteiger partial charge in [-0.3, -0.25) is 14.5 Å². The molecule has 0 radical (unpaired) electrons. The lowest BCUT2D eigenvalue weighted by Crippen LogP contribution is -2.33. The van der Waals surface area contributed by atoms with E-state index < -0.39 is 0 Å². The molecule has 0 aliphatic carbocycles. The molecular formula is C21H20Cl2N2O2S. The highest BCUT2D eigenvalue weighted by Crippen LogP contribution is 2.35. The number of nitrogens with one attached hydrogen (secondary N) is 1. The Labute approximate surface area is 178 Å². The second-order valence-corrected chi connectivity index (χ2v) is 8.19. The predicted octanol–water partition coefficient (Wildman–Crippen LogP) is 6.44. The standard InChI is InChI=1S/C21H20Cl2N2O2S/c1-2-3-5-14-8-10-15(11-9-14)24-13-25-20(26)19(28-21(25)27)12-16-17(22)6-4-7-18(16)23/h4,6-12,24H,2-3,5,13H2,1H3. The minimum absolute atomic E-state index is 0.104. The van der Waals surface area contributed by atoms with Crippen molar-refractivity contribution in [3.8, 4) is 0 Å². The second-order valence-electron chi connectivity index (χ2n) is 6.38. The quantitative estimate of drug-likeness (QED) is 0.509. The molecule has 0 spiro atoms. The van der Waals surface area contributed by atoms with Crippen LogP contribution in [0.4, 0.5) is 10.5 Å². The van der Waals surface area contributed by atoms with Crippen LogP contribution in [0.15, 0.2) is 47.4 Å². The molecule has 1 aliphatic heterocycles. The van der Waals surface area contributed by atoms with E-state index in [4.69, 9.17) is 23.2 Å². The van der Waals surface area contributed by atoms with Crippen molar-refractivity contribution in [3.63, 3.8) is 0 Å². The van der Waals surface area contributed by atoms with Gasteiger partial charge in [0, 0.05) is 21.3 Å². The lowest BCUT2D eigenvalue weighted by molar-refractivity contribution is -0.122. The van der Waals surface area contributed by atoms with Crippen molar-refractivity contribution in [1.82, 2.24) is 4.90 Å². The zero-order chi connectivity index (χ0) is 20.1. The van der Waals surface area contributed by atoms with Gasteiger partial charge in [-0.1, -0.05) is 54.7 Å². The van der Waals surface area contributed by atoms with Gasteiger partial charge in [0.25, 0.3) is 11.1 Å². The second kappa shape index (κ2) is 9.50. The summed E-state index contributed by atoms with van der Waals surface area (Å²) in [4.78, 5) is 26.4. The van der Waals surface area contributed by atoms with E-state index in [1.165, 1.54) is 10.5 Å². The maximum absolute atomic E-state index is 12.6. The average Bonchev–Trinajstić information content (AvgIpc) is 2.95. The summed E-state index contributed by atoms with van der Waals surface area (Å²) in [5.41, 5.74) is 2.67. The van der Waals surface area contributed by atoms with Crippen molar-refractivity contribution in [2.75, 3.05) is 12.0 Å². The molecule has 0 unspecified atom stereocenters. The van der Waals surface area contributed by atoms with Crippen LogP contribution in [0.2, 0.25) is 10.0 Å². The highest BCUT2D eigenvalue weighted by Gasteiger charge is 2.35. The van der Waals surface area contributed by atoms with Gasteiger partial charge in [0.2, 0.25) is 0 Å². The molecular weight excluding hydrogens is 415 g/mol. The number of carbonyl (C=O) groups excluding carboxylic acids is 2. The fourth-order valence-electron chi connectivity index (χ4n) is 2.76. The minimum Gasteiger partial charge on any atom is -0.367 e. The largest absolute Gasteiger partial charge is 0.367 e. The van der Waals surface area contributed by atoms with Crippen LogP contribution in [0.25, 0.3) is 6.08 Å². The molecule has 0 saturated carbocycles. The molecule has 2 aromatic rings. The van der Waals surface area contributed by atoms with Crippen LogP contribution < -0.4 is 5.32 Å². The molecule has 0 aromatic heterocycles. The third-order valence-corrected chi connectivity index (χ3v) is 5.93. The number of halogens is 2. The summed E-state index contributed by atoms with van der Waals surface area (Å²) < 4.78 is 0. The number of imide groups is 1. The van der Waals surface area contributed by atoms with Crippen LogP contribution in [0.1, 0.15) is 30.9 Å². The number of unbranched alkanes of at least 4 members (excludes halogenated alkanes) is 1. The molecule has 1 fully saturated rings. The summed E-state index contributed by atoms with van der Waals surface area (Å²) >= 11 is 13.2. The first-order chi connectivity index (χ1) is 13.5. The number of amides is 2. The van der Waals surface area contributed by atoms with Gasteiger partial charge in [0.05, 0.1) is 11.6 Å². The molecule has 1 N–H and O–H groups in total. The Kier molecular flexibility index (Phi) is 7.05. The number of anilines is 1. The van der Waals surface area contributed by atoms with Gasteiger partial charge in [-0.2, -0.15) is 0 Å². The normalized spacial score (nSPS) is 15.5. The van der Waals surface area contributed by atoms with E-state index in [1.807, 2.05) is 12.1 Å². The van der Waals surface area contributed by atoms with Crippen molar-refractivity contribution in [2.24, 2.45) is 0 Å². The fraction of sp³-hybridized carbons (Fsp3) is 0.238. The lowest BCUT2D eigenvalue weighted by Gasteiger charge is -2.14. The number of hydrogen-bond donors (Lipinski definition) is 1. The summed E-state index contributed by atoms with van der Waals surface area (Å²) in [5, 5.41) is 3.66. The number of carbonyl (C=O) groups is 2. The Bertz CT molecular complexity index is 893. The third-order valence-electron chi connectivity index (χ3n) is 4.36.